The van der Waals surface area contributed by atoms with Gasteiger partial charge in [-0.3, -0.25) is 24.2 Å². The minimum Gasteiger partial charge on any atom is -0.469 e. The molecule has 4 heterocycles. The van der Waals surface area contributed by atoms with Gasteiger partial charge < -0.3 is 14.1 Å². The van der Waals surface area contributed by atoms with Crippen molar-refractivity contribution < 1.29 is 28.3 Å². The molecule has 2 unspecified atom stereocenters. The number of morpholine rings is 1. The van der Waals surface area contributed by atoms with Gasteiger partial charge in [0, 0.05) is 36.7 Å². The minimum atomic E-state index is -2.08. The van der Waals surface area contributed by atoms with Crippen LogP contribution in [0.5, 0.6) is 0 Å². The van der Waals surface area contributed by atoms with Crippen LogP contribution in [0.1, 0.15) is 23.1 Å². The van der Waals surface area contributed by atoms with Gasteiger partial charge in [0.05, 0.1) is 19.3 Å². The van der Waals surface area contributed by atoms with Crippen molar-refractivity contribution in [2.45, 2.75) is 37.8 Å². The lowest BCUT2D eigenvalue weighted by atomic mass is 9.75. The zero-order valence-electron chi connectivity index (χ0n) is 18.6. The summed E-state index contributed by atoms with van der Waals surface area (Å²) in [7, 11) is 0. The topological polar surface area (TPSA) is 107 Å². The van der Waals surface area contributed by atoms with E-state index in [1.54, 1.807) is 48.8 Å². The summed E-state index contributed by atoms with van der Waals surface area (Å²) in [5.74, 6) is -1.67. The van der Waals surface area contributed by atoms with Crippen LogP contribution in [-0.2, 0) is 43.2 Å². The van der Waals surface area contributed by atoms with Gasteiger partial charge in [-0.25, -0.2) is 0 Å². The lowest BCUT2D eigenvalue weighted by Gasteiger charge is -2.48. The van der Waals surface area contributed by atoms with Crippen molar-refractivity contribution in [1.82, 2.24) is 9.88 Å². The first-order chi connectivity index (χ1) is 16.4. The molecule has 1 saturated heterocycles. The van der Waals surface area contributed by atoms with Crippen molar-refractivity contribution in [2.24, 2.45) is 0 Å². The van der Waals surface area contributed by atoms with Crippen molar-refractivity contribution in [3.63, 3.8) is 0 Å². The summed E-state index contributed by atoms with van der Waals surface area (Å²) in [5.41, 5.74) is -1.46. The van der Waals surface area contributed by atoms with E-state index in [0.29, 0.717) is 11.3 Å². The third-order valence-corrected chi connectivity index (χ3v) is 6.74. The zero-order chi connectivity index (χ0) is 24.1. The molecule has 3 aromatic rings. The Labute approximate surface area is 200 Å². The number of aromatic nitrogens is 1. The fourth-order valence-corrected chi connectivity index (χ4v) is 5.07. The van der Waals surface area contributed by atoms with Crippen LogP contribution >= 0.6 is 11.3 Å². The Balaban J connectivity index is 1.80. The predicted octanol–water partition coefficient (Wildman–Crippen LogP) is 2.46. The first-order valence-electron chi connectivity index (χ1n) is 10.9. The Hall–Kier alpha value is -3.43. The molecule has 0 N–H and O–H groups in total. The Morgan fingerprint density at radius 2 is 1.82 bits per heavy atom. The van der Waals surface area contributed by atoms with E-state index in [9.17, 15) is 19.2 Å². The van der Waals surface area contributed by atoms with E-state index >= 15 is 0 Å². The molecule has 0 aliphatic carbocycles. The second-order valence-corrected chi connectivity index (χ2v) is 9.10. The Morgan fingerprint density at radius 3 is 2.47 bits per heavy atom. The number of pyridine rings is 1. The number of Topliss-reactive ketones (excluding diaryl/α,β-unsaturated/α-hetero) is 3. The van der Waals surface area contributed by atoms with Crippen molar-refractivity contribution in [3.8, 4) is 0 Å². The molecule has 34 heavy (non-hydrogen) atoms. The van der Waals surface area contributed by atoms with Crippen LogP contribution in [-0.4, -0.2) is 57.9 Å². The molecule has 1 aliphatic rings. The first kappa shape index (κ1) is 23.7. The summed E-state index contributed by atoms with van der Waals surface area (Å²) in [6, 6.07) is 10.2. The van der Waals surface area contributed by atoms with Crippen molar-refractivity contribution in [2.75, 3.05) is 13.2 Å². The van der Waals surface area contributed by atoms with Crippen LogP contribution in [0, 0.1) is 0 Å². The first-order valence-corrected chi connectivity index (χ1v) is 11.7. The Morgan fingerprint density at radius 1 is 1.06 bits per heavy atom. The standard InChI is InChI=1S/C25H24N2O6S/c1-17(28)24-25(22(30)16-20-5-3-13-34-20,21(29)14-18-6-8-26-9-7-18)27(10-12-33-24)23(31)15-19-4-2-11-32-19/h2-9,11,13,24H,10,12,14-16H2,1H3. The maximum atomic E-state index is 14.0. The average molecular weight is 481 g/mol. The molecule has 2 atom stereocenters. The van der Waals surface area contributed by atoms with Crippen molar-refractivity contribution in [3.05, 3.63) is 76.6 Å². The highest BCUT2D eigenvalue weighted by Crippen LogP contribution is 2.33. The molecule has 3 aromatic heterocycles. The molecule has 0 aromatic carbocycles. The van der Waals surface area contributed by atoms with E-state index in [2.05, 4.69) is 4.98 Å². The fraction of sp³-hybridized carbons (Fsp3) is 0.320. The maximum absolute atomic E-state index is 14.0. The highest BCUT2D eigenvalue weighted by Gasteiger charge is 2.61. The monoisotopic (exact) mass is 480 g/mol. The number of carbonyl (C=O) groups is 4. The number of carbonyl (C=O) groups excluding carboxylic acids is 4. The Bertz CT molecular complexity index is 1160. The second kappa shape index (κ2) is 10.2. The SMILES string of the molecule is CC(=O)C1OCCN(C(=O)Cc2ccco2)C1(C(=O)Cc1ccncc1)C(=O)Cc1cccs1. The van der Waals surface area contributed by atoms with Gasteiger partial charge in [0.2, 0.25) is 5.91 Å². The minimum absolute atomic E-state index is 0.00158. The highest BCUT2D eigenvalue weighted by atomic mass is 32.1. The van der Waals surface area contributed by atoms with Crippen LogP contribution < -0.4 is 0 Å². The van der Waals surface area contributed by atoms with Gasteiger partial charge in [0.1, 0.15) is 5.76 Å². The van der Waals surface area contributed by atoms with Gasteiger partial charge in [-0.1, -0.05) is 6.07 Å². The highest BCUT2D eigenvalue weighted by molar-refractivity contribution is 7.10. The predicted molar refractivity (Wildman–Crippen MR) is 123 cm³/mol. The van der Waals surface area contributed by atoms with Crippen LogP contribution in [0.15, 0.2) is 64.9 Å². The normalized spacial score (nSPS) is 20.1. The summed E-state index contributed by atoms with van der Waals surface area (Å²) >= 11 is 1.37. The summed E-state index contributed by atoms with van der Waals surface area (Å²) in [5, 5.41) is 1.83. The number of ketones is 3. The van der Waals surface area contributed by atoms with Crippen LogP contribution in [0.3, 0.4) is 0 Å². The van der Waals surface area contributed by atoms with E-state index < -0.39 is 34.9 Å². The molecule has 9 heteroatoms. The van der Waals surface area contributed by atoms with E-state index in [1.807, 2.05) is 5.38 Å². The Kier molecular flexibility index (Phi) is 7.14. The molecule has 0 radical (unpaired) electrons. The molecule has 176 valence electrons. The molecule has 1 amide bonds. The van der Waals surface area contributed by atoms with Crippen molar-refractivity contribution in [1.29, 1.82) is 0 Å². The molecular weight excluding hydrogens is 456 g/mol. The average Bonchev–Trinajstić information content (AvgIpc) is 3.53. The molecule has 4 rings (SSSR count). The lowest BCUT2D eigenvalue weighted by molar-refractivity contribution is -0.181. The third kappa shape index (κ3) is 4.62. The van der Waals surface area contributed by atoms with Gasteiger partial charge in [-0.2, -0.15) is 0 Å². The molecule has 1 fully saturated rings. The van der Waals surface area contributed by atoms with Gasteiger partial charge in [0.25, 0.3) is 0 Å². The van der Waals surface area contributed by atoms with E-state index in [-0.39, 0.29) is 32.4 Å². The largest absolute Gasteiger partial charge is 0.469 e. The van der Waals surface area contributed by atoms with Crippen LogP contribution in [0.25, 0.3) is 0 Å². The fourth-order valence-electron chi connectivity index (χ4n) is 4.37. The van der Waals surface area contributed by atoms with Gasteiger partial charge in [0.15, 0.2) is 29.0 Å². The maximum Gasteiger partial charge on any atom is 0.231 e. The molecule has 8 nitrogen and oxygen atoms in total. The number of hydrogen-bond acceptors (Lipinski definition) is 8. The van der Waals surface area contributed by atoms with Gasteiger partial charge in [-0.05, 0) is 48.2 Å². The summed E-state index contributed by atoms with van der Waals surface area (Å²) in [6.07, 6.45) is 2.74. The molecule has 0 spiro atoms. The summed E-state index contributed by atoms with van der Waals surface area (Å²) < 4.78 is 11.1. The number of amides is 1. The van der Waals surface area contributed by atoms with Crippen LogP contribution in [0.4, 0.5) is 0 Å². The van der Waals surface area contributed by atoms with E-state index in [4.69, 9.17) is 9.15 Å². The molecule has 1 aliphatic heterocycles. The number of furan rings is 1. The molecular formula is C25H24N2O6S. The number of hydrogen-bond donors (Lipinski definition) is 0. The number of nitrogens with zero attached hydrogens (tertiary/aromatic N) is 2. The quantitative estimate of drug-likeness (QED) is 0.433. The molecule has 0 bridgehead atoms. The molecule has 0 saturated carbocycles. The van der Waals surface area contributed by atoms with E-state index in [0.717, 1.165) is 4.88 Å². The zero-order valence-corrected chi connectivity index (χ0v) is 19.5. The second-order valence-electron chi connectivity index (χ2n) is 8.06. The number of rotatable bonds is 9. The van der Waals surface area contributed by atoms with E-state index in [1.165, 1.54) is 29.4 Å². The lowest BCUT2D eigenvalue weighted by Crippen LogP contribution is -2.74. The smallest absolute Gasteiger partial charge is 0.231 e. The summed E-state index contributed by atoms with van der Waals surface area (Å²) in [4.78, 5) is 60.2. The number of thiophene rings is 1. The van der Waals surface area contributed by atoms with Crippen LogP contribution in [0.2, 0.25) is 0 Å². The van der Waals surface area contributed by atoms with Crippen molar-refractivity contribution >= 4 is 34.6 Å². The summed E-state index contributed by atoms with van der Waals surface area (Å²) in [6.45, 7) is 1.31. The van der Waals surface area contributed by atoms with Gasteiger partial charge >= 0.3 is 0 Å². The van der Waals surface area contributed by atoms with Gasteiger partial charge in [-0.15, -0.1) is 11.3 Å². The number of ether oxygens (including phenoxy) is 1. The third-order valence-electron chi connectivity index (χ3n) is 5.86.